The summed E-state index contributed by atoms with van der Waals surface area (Å²) in [7, 11) is 5.80. The van der Waals surface area contributed by atoms with Gasteiger partial charge in [0.1, 0.15) is 5.82 Å². The number of methoxy groups -OCH3 is 1. The van der Waals surface area contributed by atoms with Gasteiger partial charge in [0.25, 0.3) is 0 Å². The Labute approximate surface area is 110 Å². The standard InChI is InChI=1S/C13H26N4O/c1-13(2,18-5)11(14)6-8-16(3)10-12-15-7-9-17(12)4/h7,9,11H,6,8,10,14H2,1-5H3. The lowest BCUT2D eigenvalue weighted by Crippen LogP contribution is -2.46. The van der Waals surface area contributed by atoms with Gasteiger partial charge >= 0.3 is 0 Å². The first-order chi connectivity index (χ1) is 8.36. The summed E-state index contributed by atoms with van der Waals surface area (Å²) in [5.74, 6) is 1.07. The van der Waals surface area contributed by atoms with E-state index in [1.54, 1.807) is 7.11 Å². The number of aryl methyl sites for hydroxylation is 1. The molecular weight excluding hydrogens is 228 g/mol. The van der Waals surface area contributed by atoms with Gasteiger partial charge in [0.05, 0.1) is 12.1 Å². The first-order valence-electron chi connectivity index (χ1n) is 6.32. The minimum atomic E-state index is -0.274. The fraction of sp³-hybridized carbons (Fsp3) is 0.769. The third-order valence-electron chi connectivity index (χ3n) is 3.57. The molecule has 0 amide bonds. The summed E-state index contributed by atoms with van der Waals surface area (Å²) in [4.78, 5) is 6.54. The maximum absolute atomic E-state index is 6.14. The average molecular weight is 254 g/mol. The molecule has 18 heavy (non-hydrogen) atoms. The Morgan fingerprint density at radius 1 is 1.56 bits per heavy atom. The number of aromatic nitrogens is 2. The van der Waals surface area contributed by atoms with E-state index < -0.39 is 0 Å². The number of rotatable bonds is 7. The van der Waals surface area contributed by atoms with Crippen molar-refractivity contribution in [2.45, 2.75) is 38.5 Å². The van der Waals surface area contributed by atoms with Crippen molar-refractivity contribution in [3.8, 4) is 0 Å². The predicted molar refractivity (Wildman–Crippen MR) is 73.2 cm³/mol. The van der Waals surface area contributed by atoms with Crippen LogP contribution in [0.5, 0.6) is 0 Å². The van der Waals surface area contributed by atoms with Crippen molar-refractivity contribution in [3.05, 3.63) is 18.2 Å². The van der Waals surface area contributed by atoms with E-state index in [1.165, 1.54) is 0 Å². The summed E-state index contributed by atoms with van der Waals surface area (Å²) >= 11 is 0. The van der Waals surface area contributed by atoms with Crippen molar-refractivity contribution < 1.29 is 4.74 Å². The number of hydrogen-bond donors (Lipinski definition) is 1. The highest BCUT2D eigenvalue weighted by atomic mass is 16.5. The van der Waals surface area contributed by atoms with Crippen LogP contribution in [-0.4, -0.2) is 46.8 Å². The van der Waals surface area contributed by atoms with Gasteiger partial charge in [0.2, 0.25) is 0 Å². The predicted octanol–water partition coefficient (Wildman–Crippen LogP) is 0.994. The third-order valence-corrected chi connectivity index (χ3v) is 3.57. The SMILES string of the molecule is COC(C)(C)C(N)CCN(C)Cc1nccn1C. The minimum Gasteiger partial charge on any atom is -0.377 e. The fourth-order valence-electron chi connectivity index (χ4n) is 1.73. The average Bonchev–Trinajstić information content (AvgIpc) is 2.72. The largest absolute Gasteiger partial charge is 0.377 e. The highest BCUT2D eigenvalue weighted by molar-refractivity contribution is 4.91. The van der Waals surface area contributed by atoms with Gasteiger partial charge in [-0.2, -0.15) is 0 Å². The van der Waals surface area contributed by atoms with E-state index in [9.17, 15) is 0 Å². The zero-order valence-electron chi connectivity index (χ0n) is 12.2. The van der Waals surface area contributed by atoms with Crippen LogP contribution in [0.25, 0.3) is 0 Å². The van der Waals surface area contributed by atoms with Gasteiger partial charge in [-0.1, -0.05) is 0 Å². The van der Waals surface area contributed by atoms with Crippen molar-refractivity contribution in [3.63, 3.8) is 0 Å². The quantitative estimate of drug-likeness (QED) is 0.788. The number of nitrogens with two attached hydrogens (primary N) is 1. The lowest BCUT2D eigenvalue weighted by Gasteiger charge is -2.31. The van der Waals surface area contributed by atoms with E-state index in [-0.39, 0.29) is 11.6 Å². The Balaban J connectivity index is 2.38. The van der Waals surface area contributed by atoms with Gasteiger partial charge < -0.3 is 15.0 Å². The first kappa shape index (κ1) is 15.1. The van der Waals surface area contributed by atoms with Gasteiger partial charge in [-0.25, -0.2) is 4.98 Å². The van der Waals surface area contributed by atoms with Crippen LogP contribution < -0.4 is 5.73 Å². The molecule has 1 aromatic heterocycles. The lowest BCUT2D eigenvalue weighted by molar-refractivity contribution is -0.00338. The third kappa shape index (κ3) is 4.08. The highest BCUT2D eigenvalue weighted by Crippen LogP contribution is 2.15. The smallest absolute Gasteiger partial charge is 0.122 e. The summed E-state index contributed by atoms with van der Waals surface area (Å²) in [6.07, 6.45) is 4.69. The summed E-state index contributed by atoms with van der Waals surface area (Å²) in [6, 6.07) is 0.0336. The number of ether oxygens (including phenoxy) is 1. The molecule has 0 aromatic carbocycles. The van der Waals surface area contributed by atoms with Gasteiger partial charge in [-0.05, 0) is 33.9 Å². The molecule has 0 spiro atoms. The van der Waals surface area contributed by atoms with Crippen molar-refractivity contribution in [1.29, 1.82) is 0 Å². The summed E-state index contributed by atoms with van der Waals surface area (Å²) < 4.78 is 7.43. The second-order valence-electron chi connectivity index (χ2n) is 5.39. The zero-order valence-corrected chi connectivity index (χ0v) is 12.2. The normalized spacial score (nSPS) is 14.2. The molecule has 0 bridgehead atoms. The monoisotopic (exact) mass is 254 g/mol. The maximum atomic E-state index is 6.14. The van der Waals surface area contributed by atoms with Crippen LogP contribution in [-0.2, 0) is 18.3 Å². The van der Waals surface area contributed by atoms with Crippen LogP contribution >= 0.6 is 0 Å². The molecule has 1 aromatic rings. The van der Waals surface area contributed by atoms with Crippen molar-refractivity contribution in [1.82, 2.24) is 14.5 Å². The van der Waals surface area contributed by atoms with E-state index in [2.05, 4.69) is 16.9 Å². The second kappa shape index (κ2) is 6.31. The highest BCUT2D eigenvalue weighted by Gasteiger charge is 2.25. The molecule has 0 saturated heterocycles. The number of imidazole rings is 1. The van der Waals surface area contributed by atoms with Crippen LogP contribution in [0.4, 0.5) is 0 Å². The Hall–Kier alpha value is -0.910. The maximum Gasteiger partial charge on any atom is 0.122 e. The molecular formula is C13H26N4O. The first-order valence-corrected chi connectivity index (χ1v) is 6.32. The van der Waals surface area contributed by atoms with Crippen molar-refractivity contribution in [2.24, 2.45) is 12.8 Å². The van der Waals surface area contributed by atoms with E-state index in [0.29, 0.717) is 0 Å². The molecule has 1 atom stereocenters. The van der Waals surface area contributed by atoms with Crippen LogP contribution in [0, 0.1) is 0 Å². The van der Waals surface area contributed by atoms with Crippen molar-refractivity contribution in [2.75, 3.05) is 20.7 Å². The molecule has 0 fully saturated rings. The molecule has 0 aliphatic heterocycles. The van der Waals surface area contributed by atoms with Crippen LogP contribution in [0.3, 0.4) is 0 Å². The van der Waals surface area contributed by atoms with Gasteiger partial charge in [-0.3, -0.25) is 4.90 Å². The fourth-order valence-corrected chi connectivity index (χ4v) is 1.73. The van der Waals surface area contributed by atoms with E-state index in [0.717, 1.165) is 25.3 Å². The van der Waals surface area contributed by atoms with Gasteiger partial charge in [0, 0.05) is 32.6 Å². The Bertz CT molecular complexity index is 362. The van der Waals surface area contributed by atoms with Crippen molar-refractivity contribution >= 4 is 0 Å². The summed E-state index contributed by atoms with van der Waals surface area (Å²) in [5.41, 5.74) is 5.87. The zero-order chi connectivity index (χ0) is 13.8. The Kier molecular flexibility index (Phi) is 5.31. The minimum absolute atomic E-state index is 0.0336. The lowest BCUT2D eigenvalue weighted by atomic mass is 9.96. The van der Waals surface area contributed by atoms with E-state index in [1.807, 2.05) is 37.9 Å². The molecule has 2 N–H and O–H groups in total. The molecule has 1 rings (SSSR count). The van der Waals surface area contributed by atoms with Gasteiger partial charge in [0.15, 0.2) is 0 Å². The molecule has 104 valence electrons. The second-order valence-corrected chi connectivity index (χ2v) is 5.39. The summed E-state index contributed by atoms with van der Waals surface area (Å²) in [5, 5.41) is 0. The van der Waals surface area contributed by atoms with Gasteiger partial charge in [-0.15, -0.1) is 0 Å². The molecule has 5 heteroatoms. The molecule has 1 unspecified atom stereocenters. The molecule has 0 aliphatic rings. The number of hydrogen-bond acceptors (Lipinski definition) is 4. The molecule has 0 radical (unpaired) electrons. The van der Waals surface area contributed by atoms with E-state index in [4.69, 9.17) is 10.5 Å². The molecule has 1 heterocycles. The molecule has 0 saturated carbocycles. The van der Waals surface area contributed by atoms with Crippen LogP contribution in [0.15, 0.2) is 12.4 Å². The van der Waals surface area contributed by atoms with Crippen LogP contribution in [0.1, 0.15) is 26.1 Å². The Morgan fingerprint density at radius 2 is 2.22 bits per heavy atom. The molecule has 0 aliphatic carbocycles. The Morgan fingerprint density at radius 3 is 2.72 bits per heavy atom. The number of nitrogens with zero attached hydrogens (tertiary/aromatic N) is 3. The topological polar surface area (TPSA) is 56.3 Å². The van der Waals surface area contributed by atoms with Crippen LogP contribution in [0.2, 0.25) is 0 Å². The molecule has 5 nitrogen and oxygen atoms in total. The summed E-state index contributed by atoms with van der Waals surface area (Å²) in [6.45, 7) is 5.82. The van der Waals surface area contributed by atoms with E-state index >= 15 is 0 Å².